The highest BCUT2D eigenvalue weighted by Crippen LogP contribution is 2.31. The Morgan fingerprint density at radius 1 is 0.896 bits per heavy atom. The molecule has 254 valence electrons. The van der Waals surface area contributed by atoms with Gasteiger partial charge in [0.05, 0.1) is 13.2 Å². The molecule has 0 saturated carbocycles. The van der Waals surface area contributed by atoms with E-state index in [2.05, 4.69) is 5.32 Å². The monoisotopic (exact) mass is 656 g/mol. The second kappa shape index (κ2) is 15.8. The number of rotatable bonds is 12. The average Bonchev–Trinajstić information content (AvgIpc) is 3.08. The minimum atomic E-state index is -1.07. The molecule has 5 rings (SSSR count). The number of piperazine rings is 1. The predicted molar refractivity (Wildman–Crippen MR) is 178 cm³/mol. The first-order chi connectivity index (χ1) is 23.1. The van der Waals surface area contributed by atoms with Gasteiger partial charge in [-0.05, 0) is 54.5 Å². The summed E-state index contributed by atoms with van der Waals surface area (Å²) in [6, 6.07) is 23.9. The van der Waals surface area contributed by atoms with E-state index in [0.717, 1.165) is 21.8 Å². The number of aromatic hydroxyl groups is 1. The number of fused-ring (bicyclic) bond motifs is 1. The molecule has 0 bridgehead atoms. The van der Waals surface area contributed by atoms with E-state index in [0.29, 0.717) is 25.8 Å². The first-order valence-corrected chi connectivity index (χ1v) is 16.5. The fraction of sp³-hybridized carbons (Fsp3) is 0.405. The zero-order chi connectivity index (χ0) is 34.2. The molecule has 4 amide bonds. The number of phenols is 1. The van der Waals surface area contributed by atoms with E-state index in [1.54, 1.807) is 31.2 Å². The van der Waals surface area contributed by atoms with Crippen LogP contribution in [0.1, 0.15) is 43.9 Å². The number of hydrogen-bond acceptors (Lipinski definition) is 7. The Morgan fingerprint density at radius 2 is 1.52 bits per heavy atom. The lowest BCUT2D eigenvalue weighted by Gasteiger charge is -2.53. The summed E-state index contributed by atoms with van der Waals surface area (Å²) < 4.78 is 5.64. The number of carbonyl (C=O) groups excluding carboxylic acids is 4. The molecule has 2 unspecified atom stereocenters. The summed E-state index contributed by atoms with van der Waals surface area (Å²) in [5.74, 6) is -0.856. The quantitative estimate of drug-likeness (QED) is 0.301. The van der Waals surface area contributed by atoms with Crippen molar-refractivity contribution >= 4 is 23.8 Å². The molecule has 2 heterocycles. The molecule has 0 spiro atoms. The Balaban J connectivity index is 1.36. The molecule has 2 N–H and O–H groups in total. The maximum atomic E-state index is 14.0. The van der Waals surface area contributed by atoms with Crippen molar-refractivity contribution in [2.24, 2.45) is 5.92 Å². The van der Waals surface area contributed by atoms with Crippen LogP contribution in [0.25, 0.3) is 0 Å². The number of carbonyl (C=O) groups is 4. The molecule has 3 aromatic rings. The Morgan fingerprint density at radius 3 is 2.17 bits per heavy atom. The van der Waals surface area contributed by atoms with Gasteiger partial charge in [-0.2, -0.15) is 5.06 Å². The van der Waals surface area contributed by atoms with Crippen LogP contribution in [0.15, 0.2) is 84.9 Å². The number of amides is 4. The van der Waals surface area contributed by atoms with Crippen LogP contribution in [-0.2, 0) is 43.2 Å². The van der Waals surface area contributed by atoms with Gasteiger partial charge in [0.25, 0.3) is 5.91 Å². The molecule has 2 fully saturated rings. The normalized spacial score (nSPS) is 20.0. The Kier molecular flexibility index (Phi) is 11.3. The van der Waals surface area contributed by atoms with Gasteiger partial charge in [0.1, 0.15) is 17.8 Å². The van der Waals surface area contributed by atoms with Crippen molar-refractivity contribution < 1.29 is 33.9 Å². The van der Waals surface area contributed by atoms with Crippen LogP contribution in [0, 0.1) is 5.92 Å². The molecule has 2 saturated heterocycles. The molecule has 0 radical (unpaired) electrons. The first-order valence-electron chi connectivity index (χ1n) is 16.5. The molecule has 0 aromatic heterocycles. The van der Waals surface area contributed by atoms with Crippen molar-refractivity contribution in [3.05, 3.63) is 102 Å². The van der Waals surface area contributed by atoms with E-state index >= 15 is 0 Å². The van der Waals surface area contributed by atoms with Gasteiger partial charge in [-0.25, -0.2) is 4.79 Å². The summed E-state index contributed by atoms with van der Waals surface area (Å²) in [4.78, 5) is 64.3. The highest BCUT2D eigenvalue weighted by Gasteiger charge is 2.53. The molecule has 4 atom stereocenters. The number of benzene rings is 3. The second-order valence-corrected chi connectivity index (χ2v) is 12.7. The van der Waals surface area contributed by atoms with Gasteiger partial charge in [-0.1, -0.05) is 86.6 Å². The molecular weight excluding hydrogens is 612 g/mol. The fourth-order valence-corrected chi connectivity index (χ4v) is 6.21. The summed E-state index contributed by atoms with van der Waals surface area (Å²) in [5.41, 5.74) is 2.77. The predicted octanol–water partition coefficient (Wildman–Crippen LogP) is 4.09. The van der Waals surface area contributed by atoms with E-state index in [9.17, 15) is 24.3 Å². The standard InChI is InChI=1S/C37H44N4O7/c1-25(2)22-31(34(43)38-20-18-27-10-6-4-7-11-27)39-24-33-40(26(3)35(39)44)36(45)32(23-29-12-8-5-9-13-29)48-41(33)37(46)47-21-19-28-14-16-30(42)17-15-28/h4-17,25-26,31-33,42H,18-24H2,1-3H3,(H,38,43)/t26-,31?,32+,33?/m0/s1. The van der Waals surface area contributed by atoms with Crippen LogP contribution >= 0.6 is 0 Å². The van der Waals surface area contributed by atoms with Gasteiger partial charge in [-0.3, -0.25) is 19.2 Å². The minimum absolute atomic E-state index is 0.0193. The molecular formula is C37H44N4O7. The number of phenolic OH excluding ortho intramolecular Hbond substituents is 1. The van der Waals surface area contributed by atoms with E-state index in [4.69, 9.17) is 9.57 Å². The zero-order valence-corrected chi connectivity index (χ0v) is 27.7. The van der Waals surface area contributed by atoms with Crippen molar-refractivity contribution in [2.45, 2.75) is 70.8 Å². The van der Waals surface area contributed by atoms with Crippen LogP contribution in [0.5, 0.6) is 5.75 Å². The third-order valence-corrected chi connectivity index (χ3v) is 8.71. The molecule has 2 aliphatic heterocycles. The molecule has 0 aliphatic carbocycles. The van der Waals surface area contributed by atoms with Gasteiger partial charge in [0.2, 0.25) is 11.8 Å². The van der Waals surface area contributed by atoms with E-state index in [1.165, 1.54) is 9.80 Å². The van der Waals surface area contributed by atoms with Gasteiger partial charge in [0.15, 0.2) is 12.3 Å². The van der Waals surface area contributed by atoms with Crippen LogP contribution < -0.4 is 5.32 Å². The van der Waals surface area contributed by atoms with Crippen LogP contribution in [-0.4, -0.2) is 87.8 Å². The van der Waals surface area contributed by atoms with Crippen molar-refractivity contribution in [3.63, 3.8) is 0 Å². The van der Waals surface area contributed by atoms with Crippen LogP contribution in [0.3, 0.4) is 0 Å². The maximum absolute atomic E-state index is 14.0. The fourth-order valence-electron chi connectivity index (χ4n) is 6.21. The summed E-state index contributed by atoms with van der Waals surface area (Å²) >= 11 is 0. The Bertz CT molecular complexity index is 1550. The topological polar surface area (TPSA) is 129 Å². The minimum Gasteiger partial charge on any atom is -0.508 e. The number of hydroxylamine groups is 2. The zero-order valence-electron chi connectivity index (χ0n) is 27.7. The van der Waals surface area contributed by atoms with Crippen molar-refractivity contribution in [1.82, 2.24) is 20.2 Å². The number of nitrogens with zero attached hydrogens (tertiary/aromatic N) is 3. The van der Waals surface area contributed by atoms with Crippen LogP contribution in [0.4, 0.5) is 4.79 Å². The number of ether oxygens (including phenoxy) is 1. The van der Waals surface area contributed by atoms with Crippen molar-refractivity contribution in [3.8, 4) is 5.75 Å². The number of hydrogen-bond donors (Lipinski definition) is 2. The SMILES string of the molecule is CC(C)CC(C(=O)NCCc1ccccc1)N1CC2N(C(=O)OCCc3ccc(O)cc3)O[C@H](Cc3ccccc3)C(=O)N2[C@@H](C)C1=O. The smallest absolute Gasteiger partial charge is 0.436 e. The largest absolute Gasteiger partial charge is 0.508 e. The molecule has 3 aromatic carbocycles. The maximum Gasteiger partial charge on any atom is 0.436 e. The lowest BCUT2D eigenvalue weighted by Crippen LogP contribution is -2.74. The number of nitrogens with one attached hydrogen (secondary N) is 1. The Hall–Kier alpha value is -4.90. The van der Waals surface area contributed by atoms with Gasteiger partial charge in [0, 0.05) is 19.4 Å². The first kappa shape index (κ1) is 34.4. The van der Waals surface area contributed by atoms with E-state index < -0.39 is 36.4 Å². The molecule has 48 heavy (non-hydrogen) atoms. The molecule has 11 nitrogen and oxygen atoms in total. The Labute approximate surface area is 281 Å². The lowest BCUT2D eigenvalue weighted by molar-refractivity contribution is -0.266. The molecule has 2 aliphatic rings. The van der Waals surface area contributed by atoms with Gasteiger partial charge >= 0.3 is 6.09 Å². The van der Waals surface area contributed by atoms with E-state index in [1.807, 2.05) is 74.5 Å². The van der Waals surface area contributed by atoms with E-state index in [-0.39, 0.29) is 43.1 Å². The van der Waals surface area contributed by atoms with Gasteiger partial charge in [-0.15, -0.1) is 0 Å². The third kappa shape index (κ3) is 8.32. The second-order valence-electron chi connectivity index (χ2n) is 12.7. The third-order valence-electron chi connectivity index (χ3n) is 8.71. The van der Waals surface area contributed by atoms with Gasteiger partial charge < -0.3 is 25.0 Å². The van der Waals surface area contributed by atoms with Crippen LogP contribution in [0.2, 0.25) is 0 Å². The summed E-state index contributed by atoms with van der Waals surface area (Å²) in [6.07, 6.45) is -1.27. The van der Waals surface area contributed by atoms with Crippen molar-refractivity contribution in [2.75, 3.05) is 19.7 Å². The average molecular weight is 657 g/mol. The summed E-state index contributed by atoms with van der Waals surface area (Å²) in [7, 11) is 0. The highest BCUT2D eigenvalue weighted by molar-refractivity contribution is 5.94. The summed E-state index contributed by atoms with van der Waals surface area (Å²) in [6.45, 7) is 5.88. The highest BCUT2D eigenvalue weighted by atomic mass is 16.7. The summed E-state index contributed by atoms with van der Waals surface area (Å²) in [5, 5.41) is 13.6. The van der Waals surface area contributed by atoms with Crippen molar-refractivity contribution in [1.29, 1.82) is 0 Å². The lowest BCUT2D eigenvalue weighted by atomic mass is 9.97. The molecule has 11 heteroatoms.